The van der Waals surface area contributed by atoms with Crippen molar-refractivity contribution in [3.8, 4) is 5.75 Å². The number of rotatable bonds is 2. The number of ketones is 1. The Bertz CT molecular complexity index is 667. The van der Waals surface area contributed by atoms with Gasteiger partial charge in [0, 0.05) is 16.1 Å². The molecule has 0 saturated heterocycles. The topological polar surface area (TPSA) is 26.3 Å². The molecule has 2 aromatic carbocycles. The number of para-hydroxylation sites is 1. The van der Waals surface area contributed by atoms with Crippen molar-refractivity contribution in [2.45, 2.75) is 12.3 Å². The Labute approximate surface area is 127 Å². The molecule has 1 unspecified atom stereocenters. The highest BCUT2D eigenvalue weighted by Crippen LogP contribution is 2.37. The third-order valence-corrected chi connectivity index (χ3v) is 4.02. The molecule has 1 atom stereocenters. The van der Waals surface area contributed by atoms with Crippen LogP contribution in [0, 0.1) is 0 Å². The van der Waals surface area contributed by atoms with Crippen LogP contribution in [0.3, 0.4) is 0 Å². The van der Waals surface area contributed by atoms with Crippen LogP contribution in [-0.2, 0) is 0 Å². The summed E-state index contributed by atoms with van der Waals surface area (Å²) in [5.41, 5.74) is 1.44. The number of hydrogen-bond acceptors (Lipinski definition) is 2. The fourth-order valence-corrected chi connectivity index (χ4v) is 2.99. The Balaban J connectivity index is 2.00. The first-order valence-electron chi connectivity index (χ1n) is 6.38. The summed E-state index contributed by atoms with van der Waals surface area (Å²) < 4.78 is 5.58. The lowest BCUT2D eigenvalue weighted by Crippen LogP contribution is -2.21. The van der Waals surface area contributed by atoms with Gasteiger partial charge in [-0.05, 0) is 30.7 Å². The zero-order valence-corrected chi connectivity index (χ0v) is 12.1. The molecule has 4 heteroatoms. The van der Waals surface area contributed by atoms with E-state index in [4.69, 9.17) is 27.9 Å². The molecule has 2 nitrogen and oxygen atoms in total. The van der Waals surface area contributed by atoms with Crippen LogP contribution < -0.4 is 4.74 Å². The fraction of sp³-hybridized carbons (Fsp3) is 0.188. The minimum absolute atomic E-state index is 0.0161. The van der Waals surface area contributed by atoms with Crippen molar-refractivity contribution in [3.05, 3.63) is 63.6 Å². The number of fused-ring (bicyclic) bond motifs is 1. The molecule has 1 heterocycles. The van der Waals surface area contributed by atoms with E-state index in [1.807, 2.05) is 24.3 Å². The van der Waals surface area contributed by atoms with Gasteiger partial charge in [-0.15, -0.1) is 0 Å². The van der Waals surface area contributed by atoms with Crippen molar-refractivity contribution < 1.29 is 9.53 Å². The number of carbonyl (C=O) groups is 1. The maximum absolute atomic E-state index is 12.7. The van der Waals surface area contributed by atoms with Crippen molar-refractivity contribution in [2.75, 3.05) is 6.61 Å². The lowest BCUT2D eigenvalue weighted by Gasteiger charge is -2.25. The summed E-state index contributed by atoms with van der Waals surface area (Å²) in [6, 6.07) is 12.6. The van der Waals surface area contributed by atoms with E-state index in [1.165, 1.54) is 0 Å². The van der Waals surface area contributed by atoms with Crippen LogP contribution in [-0.4, -0.2) is 12.4 Å². The van der Waals surface area contributed by atoms with Crippen LogP contribution in [0.5, 0.6) is 5.75 Å². The number of Topliss-reactive ketones (excluding diaryl/α,β-unsaturated/α-hetero) is 1. The van der Waals surface area contributed by atoms with Gasteiger partial charge in [-0.3, -0.25) is 4.79 Å². The lowest BCUT2D eigenvalue weighted by molar-refractivity contribution is 0.0933. The van der Waals surface area contributed by atoms with Crippen molar-refractivity contribution in [2.24, 2.45) is 0 Å². The molecule has 20 heavy (non-hydrogen) atoms. The Morgan fingerprint density at radius 3 is 2.75 bits per heavy atom. The average Bonchev–Trinajstić information content (AvgIpc) is 2.46. The predicted molar refractivity (Wildman–Crippen MR) is 80.1 cm³/mol. The molecule has 0 saturated carbocycles. The first-order chi connectivity index (χ1) is 9.66. The van der Waals surface area contributed by atoms with Gasteiger partial charge in [-0.1, -0.05) is 41.4 Å². The second-order valence-corrected chi connectivity index (χ2v) is 5.56. The van der Waals surface area contributed by atoms with Crippen molar-refractivity contribution in [1.82, 2.24) is 0 Å². The second kappa shape index (κ2) is 5.47. The summed E-state index contributed by atoms with van der Waals surface area (Å²) in [5.74, 6) is 0.586. The molecule has 0 spiro atoms. The molecule has 2 aromatic rings. The summed E-state index contributed by atoms with van der Waals surface area (Å²) in [6.45, 7) is 0.540. The van der Waals surface area contributed by atoms with Crippen molar-refractivity contribution in [1.29, 1.82) is 0 Å². The van der Waals surface area contributed by atoms with Gasteiger partial charge in [0.05, 0.1) is 17.5 Å². The van der Waals surface area contributed by atoms with Crippen LogP contribution in [0.1, 0.15) is 28.3 Å². The van der Waals surface area contributed by atoms with Crippen LogP contribution in [0.25, 0.3) is 0 Å². The molecular formula is C16H12Cl2O2. The van der Waals surface area contributed by atoms with Gasteiger partial charge in [0.1, 0.15) is 5.75 Å². The molecule has 0 radical (unpaired) electrons. The van der Waals surface area contributed by atoms with E-state index in [9.17, 15) is 4.79 Å². The molecule has 0 fully saturated rings. The largest absolute Gasteiger partial charge is 0.493 e. The molecule has 0 amide bonds. The van der Waals surface area contributed by atoms with Crippen molar-refractivity contribution >= 4 is 29.0 Å². The molecule has 1 aliphatic rings. The summed E-state index contributed by atoms with van der Waals surface area (Å²) in [6.07, 6.45) is 0.662. The lowest BCUT2D eigenvalue weighted by atomic mass is 9.86. The first-order valence-corrected chi connectivity index (χ1v) is 7.13. The Morgan fingerprint density at radius 2 is 1.95 bits per heavy atom. The smallest absolute Gasteiger partial charge is 0.172 e. The predicted octanol–water partition coefficient (Wildman–Crippen LogP) is 4.74. The molecule has 1 aliphatic heterocycles. The standard InChI is InChI=1S/C16H12Cl2O2/c17-10-5-6-13(14(18)9-10)16(19)12-7-8-20-15-4-2-1-3-11(12)15/h1-6,9,12H,7-8H2. The zero-order valence-electron chi connectivity index (χ0n) is 10.6. The normalized spacial score (nSPS) is 17.2. The number of ether oxygens (including phenoxy) is 1. The third-order valence-electron chi connectivity index (χ3n) is 3.47. The average molecular weight is 307 g/mol. The summed E-state index contributed by atoms with van der Waals surface area (Å²) in [5, 5.41) is 0.922. The highest BCUT2D eigenvalue weighted by Gasteiger charge is 2.29. The maximum Gasteiger partial charge on any atom is 0.172 e. The van der Waals surface area contributed by atoms with E-state index >= 15 is 0 Å². The first kappa shape index (κ1) is 13.5. The highest BCUT2D eigenvalue weighted by atomic mass is 35.5. The van der Waals surface area contributed by atoms with E-state index in [0.29, 0.717) is 28.6 Å². The minimum atomic E-state index is -0.210. The molecular weight excluding hydrogens is 295 g/mol. The van der Waals surface area contributed by atoms with Crippen LogP contribution in [0.4, 0.5) is 0 Å². The third kappa shape index (κ3) is 2.41. The molecule has 102 valence electrons. The van der Waals surface area contributed by atoms with E-state index in [1.54, 1.807) is 18.2 Å². The molecule has 0 N–H and O–H groups in total. The monoisotopic (exact) mass is 306 g/mol. The van der Waals surface area contributed by atoms with Crippen LogP contribution >= 0.6 is 23.2 Å². The van der Waals surface area contributed by atoms with E-state index < -0.39 is 0 Å². The number of carbonyl (C=O) groups excluding carboxylic acids is 1. The van der Waals surface area contributed by atoms with Crippen LogP contribution in [0.15, 0.2) is 42.5 Å². The Kier molecular flexibility index (Phi) is 3.68. The number of hydrogen-bond donors (Lipinski definition) is 0. The van der Waals surface area contributed by atoms with Gasteiger partial charge in [-0.2, -0.15) is 0 Å². The van der Waals surface area contributed by atoms with E-state index in [-0.39, 0.29) is 11.7 Å². The summed E-state index contributed by atoms with van der Waals surface area (Å²) >= 11 is 12.0. The van der Waals surface area contributed by atoms with Crippen molar-refractivity contribution in [3.63, 3.8) is 0 Å². The molecule has 3 rings (SSSR count). The molecule has 0 bridgehead atoms. The van der Waals surface area contributed by atoms with Gasteiger partial charge < -0.3 is 4.74 Å². The van der Waals surface area contributed by atoms with E-state index in [2.05, 4.69) is 0 Å². The van der Waals surface area contributed by atoms with E-state index in [0.717, 1.165) is 11.3 Å². The SMILES string of the molecule is O=C(c1ccc(Cl)cc1Cl)C1CCOc2ccccc21. The zero-order chi connectivity index (χ0) is 14.1. The van der Waals surface area contributed by atoms with Gasteiger partial charge >= 0.3 is 0 Å². The van der Waals surface area contributed by atoms with Gasteiger partial charge in [0.25, 0.3) is 0 Å². The van der Waals surface area contributed by atoms with Gasteiger partial charge in [0.2, 0.25) is 0 Å². The maximum atomic E-state index is 12.7. The van der Waals surface area contributed by atoms with Gasteiger partial charge in [0.15, 0.2) is 5.78 Å². The number of halogens is 2. The minimum Gasteiger partial charge on any atom is -0.493 e. The Hall–Kier alpha value is -1.51. The van der Waals surface area contributed by atoms with Gasteiger partial charge in [-0.25, -0.2) is 0 Å². The molecule has 0 aromatic heterocycles. The molecule has 0 aliphatic carbocycles. The quantitative estimate of drug-likeness (QED) is 0.749. The Morgan fingerprint density at radius 1 is 1.15 bits per heavy atom. The second-order valence-electron chi connectivity index (χ2n) is 4.72. The summed E-state index contributed by atoms with van der Waals surface area (Å²) in [7, 11) is 0. The highest BCUT2D eigenvalue weighted by molar-refractivity contribution is 6.37. The fourth-order valence-electron chi connectivity index (χ4n) is 2.49. The summed E-state index contributed by atoms with van der Waals surface area (Å²) in [4.78, 5) is 12.7. The van der Waals surface area contributed by atoms with Crippen LogP contribution in [0.2, 0.25) is 10.0 Å². The number of benzene rings is 2.